The van der Waals surface area contributed by atoms with Crippen molar-refractivity contribution in [2.75, 3.05) is 6.61 Å². The lowest BCUT2D eigenvalue weighted by Crippen LogP contribution is -2.38. The molecule has 1 fully saturated rings. The van der Waals surface area contributed by atoms with Gasteiger partial charge in [-0.25, -0.2) is 0 Å². The zero-order chi connectivity index (χ0) is 17.3. The molecule has 0 atom stereocenters. The molecule has 0 aromatic carbocycles. The summed E-state index contributed by atoms with van der Waals surface area (Å²) in [6.45, 7) is 4.17. The number of hydrogen-bond acceptors (Lipinski definition) is 4. The Morgan fingerprint density at radius 1 is 1.38 bits per heavy atom. The predicted octanol–water partition coefficient (Wildman–Crippen LogP) is 1.71. The molecule has 0 bridgehead atoms. The van der Waals surface area contributed by atoms with Crippen molar-refractivity contribution in [2.45, 2.75) is 45.6 Å². The quantitative estimate of drug-likeness (QED) is 0.794. The van der Waals surface area contributed by atoms with Crippen molar-refractivity contribution in [3.63, 3.8) is 0 Å². The van der Waals surface area contributed by atoms with Crippen LogP contribution in [0, 0.1) is 19.8 Å². The molecule has 0 aliphatic heterocycles. The van der Waals surface area contributed by atoms with E-state index >= 15 is 0 Å². The van der Waals surface area contributed by atoms with Crippen molar-refractivity contribution in [1.82, 2.24) is 25.3 Å². The molecule has 24 heavy (non-hydrogen) atoms. The number of hydrogen-bond donors (Lipinski definition) is 3. The minimum Gasteiger partial charge on any atom is -0.396 e. The monoisotopic (exact) mass is 331 g/mol. The summed E-state index contributed by atoms with van der Waals surface area (Å²) >= 11 is 0. The maximum atomic E-state index is 12.4. The highest BCUT2D eigenvalue weighted by Gasteiger charge is 2.23. The first kappa shape index (κ1) is 16.7. The maximum absolute atomic E-state index is 12.4. The minimum atomic E-state index is -0.125. The Bertz CT molecular complexity index is 725. The number of nitrogens with one attached hydrogen (secondary N) is 2. The van der Waals surface area contributed by atoms with Gasteiger partial charge >= 0.3 is 0 Å². The average Bonchev–Trinajstić information content (AvgIpc) is 3.13. The van der Waals surface area contributed by atoms with Crippen molar-refractivity contribution >= 4 is 5.91 Å². The van der Waals surface area contributed by atoms with E-state index in [1.807, 2.05) is 25.6 Å². The number of aliphatic hydroxyl groups is 1. The number of aliphatic hydroxyl groups excluding tert-OH is 1. The van der Waals surface area contributed by atoms with Gasteiger partial charge in [0.05, 0.1) is 11.4 Å². The molecule has 0 saturated heterocycles. The number of carbonyl (C=O) groups excluding carboxylic acids is 1. The molecule has 1 amide bonds. The standard InChI is InChI=1S/C17H25N5O2/c1-10-16(11(2)22(3)21-10)14-8-15(20-19-14)17(24)18-13-6-4-12(9-23)5-7-13/h8,12-13,23H,4-7,9H2,1-3H3,(H,18,24)(H,19,20). The van der Waals surface area contributed by atoms with E-state index in [1.165, 1.54) is 0 Å². The second-order valence-electron chi connectivity index (χ2n) is 6.71. The summed E-state index contributed by atoms with van der Waals surface area (Å²) in [4.78, 5) is 12.4. The molecule has 1 aliphatic carbocycles. The van der Waals surface area contributed by atoms with Crippen molar-refractivity contribution in [3.8, 4) is 11.3 Å². The molecule has 130 valence electrons. The number of aryl methyl sites for hydroxylation is 2. The van der Waals surface area contributed by atoms with E-state index in [0.717, 1.165) is 48.3 Å². The van der Waals surface area contributed by atoms with E-state index in [4.69, 9.17) is 0 Å². The lowest BCUT2D eigenvalue weighted by Gasteiger charge is -2.27. The van der Waals surface area contributed by atoms with Gasteiger partial charge in [0.2, 0.25) is 0 Å². The molecule has 3 N–H and O–H groups in total. The molecule has 1 saturated carbocycles. The summed E-state index contributed by atoms with van der Waals surface area (Å²) in [6.07, 6.45) is 3.76. The molecule has 2 aromatic heterocycles. The Morgan fingerprint density at radius 3 is 2.67 bits per heavy atom. The lowest BCUT2D eigenvalue weighted by molar-refractivity contribution is 0.0909. The third-order valence-electron chi connectivity index (χ3n) is 5.03. The van der Waals surface area contributed by atoms with Crippen LogP contribution in [-0.2, 0) is 7.05 Å². The second-order valence-corrected chi connectivity index (χ2v) is 6.71. The summed E-state index contributed by atoms with van der Waals surface area (Å²) in [5, 5.41) is 23.8. The highest BCUT2D eigenvalue weighted by atomic mass is 16.3. The first-order valence-corrected chi connectivity index (χ1v) is 8.47. The topological polar surface area (TPSA) is 95.8 Å². The molecule has 0 radical (unpaired) electrons. The third kappa shape index (κ3) is 3.21. The van der Waals surface area contributed by atoms with Crippen molar-refractivity contribution in [3.05, 3.63) is 23.1 Å². The summed E-state index contributed by atoms with van der Waals surface area (Å²) < 4.78 is 1.82. The van der Waals surface area contributed by atoms with Gasteiger partial charge in [0, 0.05) is 31.0 Å². The van der Waals surface area contributed by atoms with Crippen LogP contribution in [0.25, 0.3) is 11.3 Å². The second kappa shape index (κ2) is 6.76. The predicted molar refractivity (Wildman–Crippen MR) is 90.6 cm³/mol. The zero-order valence-corrected chi connectivity index (χ0v) is 14.5. The van der Waals surface area contributed by atoms with Crippen LogP contribution >= 0.6 is 0 Å². The molecule has 2 aromatic rings. The van der Waals surface area contributed by atoms with Crippen molar-refractivity contribution < 1.29 is 9.90 Å². The van der Waals surface area contributed by atoms with E-state index < -0.39 is 0 Å². The van der Waals surface area contributed by atoms with E-state index in [2.05, 4.69) is 20.6 Å². The van der Waals surface area contributed by atoms with Crippen LogP contribution in [0.15, 0.2) is 6.07 Å². The first-order chi connectivity index (χ1) is 11.5. The minimum absolute atomic E-state index is 0.125. The van der Waals surface area contributed by atoms with Gasteiger partial charge in [0.1, 0.15) is 5.69 Å². The molecule has 0 spiro atoms. The van der Waals surface area contributed by atoms with Gasteiger partial charge in [-0.1, -0.05) is 0 Å². The number of rotatable bonds is 4. The van der Waals surface area contributed by atoms with Crippen LogP contribution in [0.5, 0.6) is 0 Å². The zero-order valence-electron chi connectivity index (χ0n) is 14.5. The molecule has 7 heteroatoms. The number of aromatic nitrogens is 4. The van der Waals surface area contributed by atoms with Crippen LogP contribution in [0.2, 0.25) is 0 Å². The Labute approximate surface area is 141 Å². The summed E-state index contributed by atoms with van der Waals surface area (Å²) in [5.41, 5.74) is 4.10. The first-order valence-electron chi connectivity index (χ1n) is 8.47. The van der Waals surface area contributed by atoms with Gasteiger partial charge in [-0.15, -0.1) is 0 Å². The number of carbonyl (C=O) groups is 1. The van der Waals surface area contributed by atoms with E-state index in [1.54, 1.807) is 6.07 Å². The number of amides is 1. The van der Waals surface area contributed by atoms with Gasteiger partial charge < -0.3 is 10.4 Å². The van der Waals surface area contributed by atoms with E-state index in [9.17, 15) is 9.90 Å². The normalized spacial score (nSPS) is 21.0. The van der Waals surface area contributed by atoms with E-state index in [-0.39, 0.29) is 18.6 Å². The lowest BCUT2D eigenvalue weighted by atomic mass is 9.86. The third-order valence-corrected chi connectivity index (χ3v) is 5.03. The average molecular weight is 331 g/mol. The summed E-state index contributed by atoms with van der Waals surface area (Å²) in [7, 11) is 1.90. The van der Waals surface area contributed by atoms with Gasteiger partial charge in [0.15, 0.2) is 0 Å². The molecule has 2 heterocycles. The molecular formula is C17H25N5O2. The Hall–Kier alpha value is -2.15. The van der Waals surface area contributed by atoms with Gasteiger partial charge in [-0.3, -0.25) is 14.6 Å². The summed E-state index contributed by atoms with van der Waals surface area (Å²) in [6, 6.07) is 1.96. The molecule has 1 aliphatic rings. The summed E-state index contributed by atoms with van der Waals surface area (Å²) in [5.74, 6) is 0.258. The number of H-pyrrole nitrogens is 1. The number of nitrogens with zero attached hydrogens (tertiary/aromatic N) is 3. The van der Waals surface area contributed by atoms with Crippen molar-refractivity contribution in [2.24, 2.45) is 13.0 Å². The van der Waals surface area contributed by atoms with E-state index in [0.29, 0.717) is 11.6 Å². The maximum Gasteiger partial charge on any atom is 0.269 e. The fourth-order valence-corrected chi connectivity index (χ4v) is 3.46. The van der Waals surface area contributed by atoms with Crippen LogP contribution in [0.3, 0.4) is 0 Å². The van der Waals surface area contributed by atoms with Crippen molar-refractivity contribution in [1.29, 1.82) is 0 Å². The van der Waals surface area contributed by atoms with Gasteiger partial charge in [0.25, 0.3) is 5.91 Å². The smallest absolute Gasteiger partial charge is 0.269 e. The van der Waals surface area contributed by atoms with Crippen LogP contribution in [0.1, 0.15) is 47.6 Å². The molecule has 3 rings (SSSR count). The Kier molecular flexibility index (Phi) is 4.71. The largest absolute Gasteiger partial charge is 0.396 e. The highest BCUT2D eigenvalue weighted by Crippen LogP contribution is 2.26. The van der Waals surface area contributed by atoms with Crippen LogP contribution < -0.4 is 5.32 Å². The van der Waals surface area contributed by atoms with Gasteiger partial charge in [-0.2, -0.15) is 10.2 Å². The SMILES string of the molecule is Cc1nn(C)c(C)c1-c1cc(C(=O)NC2CCC(CO)CC2)[nH]n1. The highest BCUT2D eigenvalue weighted by molar-refractivity contribution is 5.93. The van der Waals surface area contributed by atoms with Crippen LogP contribution in [0.4, 0.5) is 0 Å². The number of aromatic amines is 1. The van der Waals surface area contributed by atoms with Crippen LogP contribution in [-0.4, -0.2) is 43.6 Å². The fourth-order valence-electron chi connectivity index (χ4n) is 3.46. The fraction of sp³-hybridized carbons (Fsp3) is 0.588. The van der Waals surface area contributed by atoms with Gasteiger partial charge in [-0.05, 0) is 51.5 Å². The molecular weight excluding hydrogens is 306 g/mol. The Morgan fingerprint density at radius 2 is 2.08 bits per heavy atom. The molecule has 0 unspecified atom stereocenters. The molecule has 7 nitrogen and oxygen atoms in total. The Balaban J connectivity index is 1.68.